The SMILES string of the molecule is COC(=O)Cc1csc(N2CCCC2C2CCCC2)n1. The summed E-state index contributed by atoms with van der Waals surface area (Å²) in [5, 5.41) is 3.09. The number of carbonyl (C=O) groups is 1. The highest BCUT2D eigenvalue weighted by atomic mass is 32.1. The van der Waals surface area contributed by atoms with Gasteiger partial charge in [0.1, 0.15) is 0 Å². The lowest BCUT2D eigenvalue weighted by molar-refractivity contribution is -0.139. The molecule has 1 saturated heterocycles. The Labute approximate surface area is 124 Å². The van der Waals surface area contributed by atoms with Crippen molar-refractivity contribution in [2.24, 2.45) is 5.92 Å². The topological polar surface area (TPSA) is 42.4 Å². The zero-order valence-corrected chi connectivity index (χ0v) is 12.8. The molecule has 20 heavy (non-hydrogen) atoms. The number of methoxy groups -OCH3 is 1. The lowest BCUT2D eigenvalue weighted by Gasteiger charge is -2.29. The van der Waals surface area contributed by atoms with Gasteiger partial charge in [0.15, 0.2) is 5.13 Å². The second kappa shape index (κ2) is 6.12. The highest BCUT2D eigenvalue weighted by Crippen LogP contribution is 2.38. The van der Waals surface area contributed by atoms with Crippen LogP contribution in [0, 0.1) is 5.92 Å². The molecule has 2 heterocycles. The van der Waals surface area contributed by atoms with E-state index in [0.717, 1.165) is 23.3 Å². The molecule has 5 heteroatoms. The fourth-order valence-electron chi connectivity index (χ4n) is 3.59. The summed E-state index contributed by atoms with van der Waals surface area (Å²) >= 11 is 1.67. The molecule has 1 aromatic rings. The number of carbonyl (C=O) groups excluding carboxylic acids is 1. The zero-order chi connectivity index (χ0) is 13.9. The van der Waals surface area contributed by atoms with Crippen molar-refractivity contribution >= 4 is 22.4 Å². The zero-order valence-electron chi connectivity index (χ0n) is 12.0. The normalized spacial score (nSPS) is 23.4. The van der Waals surface area contributed by atoms with Gasteiger partial charge in [-0.2, -0.15) is 0 Å². The van der Waals surface area contributed by atoms with Crippen molar-refractivity contribution in [3.63, 3.8) is 0 Å². The Kier molecular flexibility index (Phi) is 4.24. The number of esters is 1. The number of hydrogen-bond donors (Lipinski definition) is 0. The lowest BCUT2D eigenvalue weighted by Crippen LogP contribution is -2.34. The van der Waals surface area contributed by atoms with Crippen LogP contribution in [0.5, 0.6) is 0 Å². The van der Waals surface area contributed by atoms with Crippen LogP contribution in [0.2, 0.25) is 0 Å². The van der Waals surface area contributed by atoms with Gasteiger partial charge in [-0.05, 0) is 31.6 Å². The van der Waals surface area contributed by atoms with Crippen LogP contribution in [0.3, 0.4) is 0 Å². The standard InChI is InChI=1S/C15H22N2O2S/c1-19-14(18)9-12-10-20-15(16-12)17-8-4-7-13(17)11-5-2-3-6-11/h10-11,13H,2-9H2,1H3. The Morgan fingerprint density at radius 3 is 2.95 bits per heavy atom. The van der Waals surface area contributed by atoms with E-state index in [1.807, 2.05) is 5.38 Å². The minimum absolute atomic E-state index is 0.212. The monoisotopic (exact) mass is 294 g/mol. The Balaban J connectivity index is 1.69. The molecule has 0 aromatic carbocycles. The number of aromatic nitrogens is 1. The van der Waals surface area contributed by atoms with E-state index in [-0.39, 0.29) is 12.4 Å². The van der Waals surface area contributed by atoms with Crippen molar-refractivity contribution in [1.82, 2.24) is 4.98 Å². The van der Waals surface area contributed by atoms with E-state index >= 15 is 0 Å². The number of ether oxygens (including phenoxy) is 1. The molecule has 0 radical (unpaired) electrons. The quantitative estimate of drug-likeness (QED) is 0.801. The number of thiazole rings is 1. The summed E-state index contributed by atoms with van der Waals surface area (Å²) in [6.07, 6.45) is 8.39. The third-order valence-electron chi connectivity index (χ3n) is 4.58. The molecule has 1 atom stereocenters. The summed E-state index contributed by atoms with van der Waals surface area (Å²) in [6, 6.07) is 0.676. The van der Waals surface area contributed by atoms with Crippen molar-refractivity contribution in [2.45, 2.75) is 51.0 Å². The van der Waals surface area contributed by atoms with Gasteiger partial charge in [0.05, 0.1) is 19.2 Å². The maximum Gasteiger partial charge on any atom is 0.311 e. The second-order valence-electron chi connectivity index (χ2n) is 5.82. The number of hydrogen-bond acceptors (Lipinski definition) is 5. The van der Waals surface area contributed by atoms with Crippen LogP contribution in [-0.2, 0) is 16.0 Å². The van der Waals surface area contributed by atoms with E-state index in [1.54, 1.807) is 11.3 Å². The molecule has 1 unspecified atom stereocenters. The summed E-state index contributed by atoms with van der Waals surface area (Å²) in [5.74, 6) is 0.640. The van der Waals surface area contributed by atoms with Crippen molar-refractivity contribution in [1.29, 1.82) is 0 Å². The van der Waals surface area contributed by atoms with Crippen LogP contribution in [0.15, 0.2) is 5.38 Å². The van der Waals surface area contributed by atoms with Crippen LogP contribution < -0.4 is 4.90 Å². The number of anilines is 1. The maximum atomic E-state index is 11.3. The van der Waals surface area contributed by atoms with E-state index in [9.17, 15) is 4.79 Å². The second-order valence-corrected chi connectivity index (χ2v) is 6.66. The van der Waals surface area contributed by atoms with Gasteiger partial charge in [0.25, 0.3) is 0 Å². The van der Waals surface area contributed by atoms with Gasteiger partial charge < -0.3 is 9.64 Å². The first-order chi connectivity index (χ1) is 9.78. The van der Waals surface area contributed by atoms with Gasteiger partial charge in [-0.15, -0.1) is 11.3 Å². The predicted octanol–water partition coefficient (Wildman–Crippen LogP) is 3.02. The minimum atomic E-state index is -0.212. The van der Waals surface area contributed by atoms with E-state index < -0.39 is 0 Å². The first-order valence-corrected chi connectivity index (χ1v) is 8.44. The van der Waals surface area contributed by atoms with E-state index in [2.05, 4.69) is 9.88 Å². The molecular weight excluding hydrogens is 272 g/mol. The third kappa shape index (κ3) is 2.82. The molecule has 4 nitrogen and oxygen atoms in total. The average molecular weight is 294 g/mol. The van der Waals surface area contributed by atoms with Crippen molar-refractivity contribution in [3.8, 4) is 0 Å². The molecule has 2 aliphatic rings. The first-order valence-electron chi connectivity index (χ1n) is 7.56. The number of rotatable bonds is 4. The van der Waals surface area contributed by atoms with Crippen LogP contribution in [0.4, 0.5) is 5.13 Å². The van der Waals surface area contributed by atoms with Crippen molar-refractivity contribution < 1.29 is 9.53 Å². The largest absolute Gasteiger partial charge is 0.469 e. The van der Waals surface area contributed by atoms with Gasteiger partial charge in [-0.1, -0.05) is 12.8 Å². The Hall–Kier alpha value is -1.10. The lowest BCUT2D eigenvalue weighted by atomic mass is 9.96. The van der Waals surface area contributed by atoms with E-state index in [1.165, 1.54) is 45.6 Å². The van der Waals surface area contributed by atoms with Crippen molar-refractivity contribution in [3.05, 3.63) is 11.1 Å². The van der Waals surface area contributed by atoms with Crippen LogP contribution in [-0.4, -0.2) is 30.6 Å². The smallest absolute Gasteiger partial charge is 0.311 e. The molecule has 1 aliphatic carbocycles. The summed E-state index contributed by atoms with van der Waals surface area (Å²) in [6.45, 7) is 1.12. The van der Waals surface area contributed by atoms with Crippen LogP contribution in [0.25, 0.3) is 0 Å². The molecule has 1 saturated carbocycles. The molecule has 0 amide bonds. The fourth-order valence-corrected chi connectivity index (χ4v) is 4.50. The molecule has 3 rings (SSSR count). The summed E-state index contributed by atoms with van der Waals surface area (Å²) in [5.41, 5.74) is 0.842. The van der Waals surface area contributed by atoms with Gasteiger partial charge in [0, 0.05) is 18.0 Å². The third-order valence-corrected chi connectivity index (χ3v) is 5.51. The van der Waals surface area contributed by atoms with Crippen LogP contribution in [0.1, 0.15) is 44.2 Å². The Morgan fingerprint density at radius 2 is 2.20 bits per heavy atom. The van der Waals surface area contributed by atoms with Gasteiger partial charge in [-0.3, -0.25) is 4.79 Å². The summed E-state index contributed by atoms with van der Waals surface area (Å²) < 4.78 is 4.70. The predicted molar refractivity (Wildman–Crippen MR) is 80.2 cm³/mol. The van der Waals surface area contributed by atoms with Crippen molar-refractivity contribution in [2.75, 3.05) is 18.6 Å². The average Bonchev–Trinajstić information content (AvgIpc) is 3.18. The minimum Gasteiger partial charge on any atom is -0.469 e. The highest BCUT2D eigenvalue weighted by molar-refractivity contribution is 7.13. The highest BCUT2D eigenvalue weighted by Gasteiger charge is 2.34. The van der Waals surface area contributed by atoms with Crippen LogP contribution >= 0.6 is 11.3 Å². The van der Waals surface area contributed by atoms with E-state index in [4.69, 9.17) is 4.74 Å². The molecule has 0 N–H and O–H groups in total. The number of nitrogens with zero attached hydrogens (tertiary/aromatic N) is 2. The molecular formula is C15H22N2O2S. The first kappa shape index (κ1) is 13.9. The Morgan fingerprint density at radius 1 is 1.40 bits per heavy atom. The Bertz CT molecular complexity index is 468. The maximum absolute atomic E-state index is 11.3. The molecule has 110 valence electrons. The summed E-state index contributed by atoms with van der Waals surface area (Å²) in [7, 11) is 1.42. The van der Waals surface area contributed by atoms with E-state index in [0.29, 0.717) is 6.04 Å². The molecule has 1 aromatic heterocycles. The molecule has 1 aliphatic heterocycles. The van der Waals surface area contributed by atoms with Gasteiger partial charge in [-0.25, -0.2) is 4.98 Å². The van der Waals surface area contributed by atoms with Gasteiger partial charge >= 0.3 is 5.97 Å². The van der Waals surface area contributed by atoms with Gasteiger partial charge in [0.2, 0.25) is 0 Å². The molecule has 2 fully saturated rings. The molecule has 0 bridgehead atoms. The molecule has 0 spiro atoms. The fraction of sp³-hybridized carbons (Fsp3) is 0.733. The summed E-state index contributed by atoms with van der Waals surface area (Å²) in [4.78, 5) is 18.4.